The molecule has 0 aliphatic carbocycles. The van der Waals surface area contributed by atoms with Crippen LogP contribution in [-0.4, -0.2) is 60.4 Å². The number of ether oxygens (including phenoxy) is 2. The summed E-state index contributed by atoms with van der Waals surface area (Å²) in [4.78, 5) is 16.6. The van der Waals surface area contributed by atoms with E-state index in [-0.39, 0.29) is 11.7 Å². The molecule has 0 spiro atoms. The molecule has 24 heavy (non-hydrogen) atoms. The molecule has 2 aliphatic heterocycles. The molecule has 0 radical (unpaired) electrons. The standard InChI is InChI=1S/C19H28N2O3/c1-18(2,3)24-17(22)21-12-16-11-20(13-19(16,14-21)23-4)10-15-8-6-5-7-9-15/h5-9,16H,10-14H2,1-4H3/t16-,19-/m0/s1. The molecule has 3 rings (SSSR count). The number of rotatable bonds is 3. The SMILES string of the molecule is CO[C@]12CN(Cc3ccccc3)C[C@H]1CN(C(=O)OC(C)(C)C)C2. The molecular weight excluding hydrogens is 304 g/mol. The van der Waals surface area contributed by atoms with E-state index in [0.717, 1.165) is 19.6 Å². The van der Waals surface area contributed by atoms with E-state index in [2.05, 4.69) is 29.2 Å². The van der Waals surface area contributed by atoms with Gasteiger partial charge in [0.05, 0.1) is 6.54 Å². The number of likely N-dealkylation sites (tertiary alicyclic amines) is 2. The Hall–Kier alpha value is -1.59. The van der Waals surface area contributed by atoms with Crippen LogP contribution in [0.2, 0.25) is 0 Å². The molecule has 0 N–H and O–H groups in total. The van der Waals surface area contributed by atoms with Crippen molar-refractivity contribution in [3.63, 3.8) is 0 Å². The molecule has 1 aromatic rings. The summed E-state index contributed by atoms with van der Waals surface area (Å²) < 4.78 is 11.4. The third-order valence-corrected chi connectivity index (χ3v) is 4.92. The zero-order valence-corrected chi connectivity index (χ0v) is 15.1. The highest BCUT2D eigenvalue weighted by atomic mass is 16.6. The van der Waals surface area contributed by atoms with Gasteiger partial charge >= 0.3 is 6.09 Å². The Morgan fingerprint density at radius 3 is 2.50 bits per heavy atom. The first kappa shape index (κ1) is 17.2. The molecule has 5 nitrogen and oxygen atoms in total. The fourth-order valence-corrected chi connectivity index (χ4v) is 3.83. The Kier molecular flexibility index (Phi) is 4.58. The second kappa shape index (κ2) is 6.37. The van der Waals surface area contributed by atoms with Crippen molar-refractivity contribution in [2.75, 3.05) is 33.3 Å². The quantitative estimate of drug-likeness (QED) is 0.853. The number of fused-ring (bicyclic) bond motifs is 1. The molecule has 2 aliphatic rings. The van der Waals surface area contributed by atoms with E-state index in [1.54, 1.807) is 12.0 Å². The summed E-state index contributed by atoms with van der Waals surface area (Å²) in [5, 5.41) is 0. The molecule has 0 saturated carbocycles. The summed E-state index contributed by atoms with van der Waals surface area (Å²) in [5.74, 6) is 0.332. The summed E-state index contributed by atoms with van der Waals surface area (Å²) in [6, 6.07) is 10.5. The van der Waals surface area contributed by atoms with Gasteiger partial charge < -0.3 is 14.4 Å². The number of hydrogen-bond acceptors (Lipinski definition) is 4. The van der Waals surface area contributed by atoms with Crippen LogP contribution in [-0.2, 0) is 16.0 Å². The molecule has 1 aromatic carbocycles. The minimum atomic E-state index is -0.464. The molecule has 0 bridgehead atoms. The van der Waals surface area contributed by atoms with Crippen LogP contribution < -0.4 is 0 Å². The van der Waals surface area contributed by atoms with Crippen molar-refractivity contribution in [1.82, 2.24) is 9.80 Å². The third-order valence-electron chi connectivity index (χ3n) is 4.92. The average molecular weight is 332 g/mol. The molecular formula is C19H28N2O3. The lowest BCUT2D eigenvalue weighted by Gasteiger charge is -2.29. The van der Waals surface area contributed by atoms with Crippen molar-refractivity contribution in [2.24, 2.45) is 5.92 Å². The number of carbonyl (C=O) groups is 1. The van der Waals surface area contributed by atoms with Gasteiger partial charge in [-0.3, -0.25) is 4.90 Å². The van der Waals surface area contributed by atoms with Crippen LogP contribution in [0.4, 0.5) is 4.79 Å². The van der Waals surface area contributed by atoms with Gasteiger partial charge in [0.2, 0.25) is 0 Å². The predicted octanol–water partition coefficient (Wildman–Crippen LogP) is 2.75. The van der Waals surface area contributed by atoms with Crippen molar-refractivity contribution >= 4 is 6.09 Å². The van der Waals surface area contributed by atoms with E-state index in [1.165, 1.54) is 5.56 Å². The Morgan fingerprint density at radius 2 is 1.92 bits per heavy atom. The number of nitrogens with zero attached hydrogens (tertiary/aromatic N) is 2. The van der Waals surface area contributed by atoms with Crippen LogP contribution in [0.1, 0.15) is 26.3 Å². The van der Waals surface area contributed by atoms with Crippen LogP contribution in [0.5, 0.6) is 0 Å². The zero-order chi connectivity index (χ0) is 17.4. The monoisotopic (exact) mass is 332 g/mol. The highest BCUT2D eigenvalue weighted by Crippen LogP contribution is 2.38. The number of hydrogen-bond donors (Lipinski definition) is 0. The minimum Gasteiger partial charge on any atom is -0.444 e. The highest BCUT2D eigenvalue weighted by Gasteiger charge is 2.54. The van der Waals surface area contributed by atoms with E-state index in [4.69, 9.17) is 9.47 Å². The molecule has 2 fully saturated rings. The van der Waals surface area contributed by atoms with Crippen molar-refractivity contribution in [3.05, 3.63) is 35.9 Å². The van der Waals surface area contributed by atoms with Gasteiger partial charge in [0.15, 0.2) is 0 Å². The Bertz CT molecular complexity index is 584. The largest absolute Gasteiger partial charge is 0.444 e. The Balaban J connectivity index is 1.63. The average Bonchev–Trinajstić information content (AvgIpc) is 3.00. The molecule has 0 unspecified atom stereocenters. The van der Waals surface area contributed by atoms with E-state index >= 15 is 0 Å². The summed E-state index contributed by atoms with van der Waals surface area (Å²) >= 11 is 0. The topological polar surface area (TPSA) is 42.0 Å². The maximum absolute atomic E-state index is 12.4. The first-order valence-electron chi connectivity index (χ1n) is 8.61. The van der Waals surface area contributed by atoms with Crippen molar-refractivity contribution in [1.29, 1.82) is 0 Å². The van der Waals surface area contributed by atoms with E-state index in [1.807, 2.05) is 26.8 Å². The lowest BCUT2D eigenvalue weighted by atomic mass is 9.95. The molecule has 0 aromatic heterocycles. The normalized spacial score (nSPS) is 27.3. The number of methoxy groups -OCH3 is 1. The van der Waals surface area contributed by atoms with E-state index in [0.29, 0.717) is 19.0 Å². The van der Waals surface area contributed by atoms with E-state index < -0.39 is 5.60 Å². The summed E-state index contributed by atoms with van der Waals surface area (Å²) in [5.41, 5.74) is 0.577. The van der Waals surface area contributed by atoms with E-state index in [9.17, 15) is 4.79 Å². The lowest BCUT2D eigenvalue weighted by Crippen LogP contribution is -2.44. The van der Waals surface area contributed by atoms with Crippen LogP contribution in [0.15, 0.2) is 30.3 Å². The van der Waals surface area contributed by atoms with Gasteiger partial charge in [0.1, 0.15) is 11.2 Å². The summed E-state index contributed by atoms with van der Waals surface area (Å²) in [6.07, 6.45) is -0.233. The number of benzene rings is 1. The van der Waals surface area contributed by atoms with Crippen molar-refractivity contribution in [2.45, 2.75) is 38.5 Å². The van der Waals surface area contributed by atoms with Gasteiger partial charge in [-0.15, -0.1) is 0 Å². The van der Waals surface area contributed by atoms with Gasteiger partial charge in [-0.1, -0.05) is 30.3 Å². The molecule has 5 heteroatoms. The van der Waals surface area contributed by atoms with Crippen molar-refractivity contribution in [3.8, 4) is 0 Å². The van der Waals surface area contributed by atoms with Gasteiger partial charge in [0, 0.05) is 39.2 Å². The fraction of sp³-hybridized carbons (Fsp3) is 0.632. The number of amides is 1. The first-order valence-corrected chi connectivity index (χ1v) is 8.61. The van der Waals surface area contributed by atoms with Gasteiger partial charge in [0.25, 0.3) is 0 Å². The fourth-order valence-electron chi connectivity index (χ4n) is 3.83. The summed E-state index contributed by atoms with van der Waals surface area (Å²) in [6.45, 7) is 9.72. The molecule has 2 heterocycles. The van der Waals surface area contributed by atoms with Gasteiger partial charge in [-0.05, 0) is 26.3 Å². The van der Waals surface area contributed by atoms with Gasteiger partial charge in [-0.2, -0.15) is 0 Å². The Morgan fingerprint density at radius 1 is 1.21 bits per heavy atom. The highest BCUT2D eigenvalue weighted by molar-refractivity contribution is 5.69. The smallest absolute Gasteiger partial charge is 0.410 e. The van der Waals surface area contributed by atoms with Crippen LogP contribution in [0, 0.1) is 5.92 Å². The predicted molar refractivity (Wildman–Crippen MR) is 92.8 cm³/mol. The zero-order valence-electron chi connectivity index (χ0n) is 15.1. The van der Waals surface area contributed by atoms with Crippen LogP contribution >= 0.6 is 0 Å². The lowest BCUT2D eigenvalue weighted by molar-refractivity contribution is -0.0180. The number of carbonyl (C=O) groups excluding carboxylic acids is 1. The second-order valence-corrected chi connectivity index (χ2v) is 7.98. The maximum Gasteiger partial charge on any atom is 0.410 e. The second-order valence-electron chi connectivity index (χ2n) is 7.98. The third kappa shape index (κ3) is 3.57. The van der Waals surface area contributed by atoms with Crippen LogP contribution in [0.3, 0.4) is 0 Å². The molecule has 2 saturated heterocycles. The van der Waals surface area contributed by atoms with Crippen molar-refractivity contribution < 1.29 is 14.3 Å². The molecule has 2 atom stereocenters. The first-order chi connectivity index (χ1) is 11.3. The summed E-state index contributed by atoms with van der Waals surface area (Å²) in [7, 11) is 1.76. The minimum absolute atomic E-state index is 0.233. The van der Waals surface area contributed by atoms with Gasteiger partial charge in [-0.25, -0.2) is 4.79 Å². The van der Waals surface area contributed by atoms with Crippen LogP contribution in [0.25, 0.3) is 0 Å². The Labute approximate surface area is 144 Å². The maximum atomic E-state index is 12.4. The molecule has 132 valence electrons. The molecule has 1 amide bonds.